The predicted molar refractivity (Wildman–Crippen MR) is 247 cm³/mol. The largest absolute Gasteiger partial charge is 0.455 e. The van der Waals surface area contributed by atoms with Gasteiger partial charge in [0.25, 0.3) is 11.8 Å². The summed E-state index contributed by atoms with van der Waals surface area (Å²) in [6.07, 6.45) is -9.75. The monoisotopic (exact) mass is 986 g/mol. The average molecular weight is 987 g/mol. The number of amides is 3. The van der Waals surface area contributed by atoms with Crippen LogP contribution in [0.1, 0.15) is 109 Å². The smallest absolute Gasteiger partial charge is 0.408 e. The molecule has 71 heavy (non-hydrogen) atoms. The van der Waals surface area contributed by atoms with Crippen LogP contribution in [0.2, 0.25) is 0 Å². The first-order valence-corrected chi connectivity index (χ1v) is 23.7. The van der Waals surface area contributed by atoms with E-state index in [9.17, 15) is 44.1 Å². The summed E-state index contributed by atoms with van der Waals surface area (Å²) in [5.74, 6) is -7.51. The Morgan fingerprint density at radius 3 is 2.10 bits per heavy atom. The van der Waals surface area contributed by atoms with Crippen LogP contribution in [0.3, 0.4) is 0 Å². The van der Waals surface area contributed by atoms with Crippen molar-refractivity contribution in [3.05, 3.63) is 95.1 Å². The highest BCUT2D eigenvalue weighted by atomic mass is 16.6. The van der Waals surface area contributed by atoms with E-state index in [0.717, 1.165) is 24.0 Å². The zero-order valence-electron chi connectivity index (χ0n) is 41.0. The Hall–Kier alpha value is -6.28. The first-order chi connectivity index (χ1) is 33.3. The third kappa shape index (κ3) is 9.76. The van der Waals surface area contributed by atoms with Crippen molar-refractivity contribution in [2.45, 2.75) is 147 Å². The minimum Gasteiger partial charge on any atom is -0.455 e. The Morgan fingerprint density at radius 1 is 0.901 bits per heavy atom. The van der Waals surface area contributed by atoms with E-state index >= 15 is 9.59 Å². The number of fused-ring (bicyclic) bond motifs is 5. The van der Waals surface area contributed by atoms with E-state index in [1.807, 2.05) is 0 Å². The van der Waals surface area contributed by atoms with E-state index in [1.54, 1.807) is 69.3 Å². The van der Waals surface area contributed by atoms with Crippen LogP contribution >= 0.6 is 0 Å². The maximum Gasteiger partial charge on any atom is 0.408 e. The molecule has 2 aromatic rings. The molecule has 2 heterocycles. The van der Waals surface area contributed by atoms with E-state index < -0.39 is 130 Å². The molecule has 0 aromatic heterocycles. The molecule has 0 radical (unpaired) electrons. The summed E-state index contributed by atoms with van der Waals surface area (Å²) in [5.41, 5.74) is -8.80. The lowest BCUT2D eigenvalue weighted by molar-refractivity contribution is -0.346. The number of imide groups is 1. The summed E-state index contributed by atoms with van der Waals surface area (Å²) in [5, 5.41) is 40.8. The highest BCUT2D eigenvalue weighted by Gasteiger charge is 2.78. The third-order valence-electron chi connectivity index (χ3n) is 14.7. The molecule has 3 aliphatic carbocycles. The van der Waals surface area contributed by atoms with Crippen LogP contribution in [-0.4, -0.2) is 134 Å². The molecule has 11 atom stereocenters. The van der Waals surface area contributed by atoms with Crippen LogP contribution in [0.25, 0.3) is 0 Å². The number of alkyl carbamates (subject to hydrolysis) is 1. The minimum absolute atomic E-state index is 0.00972. The predicted octanol–water partition coefficient (Wildman–Crippen LogP) is 3.91. The van der Waals surface area contributed by atoms with Crippen LogP contribution in [0.15, 0.2) is 84.0 Å². The second kappa shape index (κ2) is 19.7. The Kier molecular flexibility index (Phi) is 14.6. The van der Waals surface area contributed by atoms with Gasteiger partial charge in [-0.2, -0.15) is 0 Å². The molecule has 19 heteroatoms. The van der Waals surface area contributed by atoms with Crippen LogP contribution in [0, 0.1) is 16.7 Å². The van der Waals surface area contributed by atoms with Gasteiger partial charge in [0.2, 0.25) is 6.10 Å². The van der Waals surface area contributed by atoms with E-state index in [2.05, 4.69) is 5.32 Å². The van der Waals surface area contributed by atoms with Crippen molar-refractivity contribution in [1.82, 2.24) is 10.2 Å². The lowest BCUT2D eigenvalue weighted by atomic mass is 9.44. The van der Waals surface area contributed by atoms with Gasteiger partial charge in [-0.15, -0.1) is 0 Å². The fourth-order valence-corrected chi connectivity index (χ4v) is 11.1. The highest BCUT2D eigenvalue weighted by molar-refractivity contribution is 6.12. The van der Waals surface area contributed by atoms with Gasteiger partial charge >= 0.3 is 30.0 Å². The summed E-state index contributed by atoms with van der Waals surface area (Å²) in [6, 6.07) is 14.3. The third-order valence-corrected chi connectivity index (χ3v) is 14.7. The number of hydrogen-bond acceptors (Lipinski definition) is 17. The summed E-state index contributed by atoms with van der Waals surface area (Å²) in [4.78, 5) is 110. The van der Waals surface area contributed by atoms with Gasteiger partial charge in [0.1, 0.15) is 41.7 Å². The number of benzene rings is 2. The summed E-state index contributed by atoms with van der Waals surface area (Å²) >= 11 is 0. The summed E-state index contributed by atoms with van der Waals surface area (Å²) in [7, 11) is 0. The Labute approximate surface area is 410 Å². The number of carbonyl (C=O) groups excluding carboxylic acids is 8. The van der Waals surface area contributed by atoms with Crippen molar-refractivity contribution in [2.24, 2.45) is 16.7 Å². The topological polar surface area (TPSA) is 268 Å². The molecule has 382 valence electrons. The zero-order chi connectivity index (χ0) is 52.0. The fourth-order valence-electron chi connectivity index (χ4n) is 11.1. The summed E-state index contributed by atoms with van der Waals surface area (Å²) in [6.45, 7) is 11.5. The number of rotatable bonds is 14. The van der Waals surface area contributed by atoms with Gasteiger partial charge in [0.15, 0.2) is 11.4 Å². The lowest BCUT2D eigenvalue weighted by Crippen LogP contribution is -2.81. The van der Waals surface area contributed by atoms with Gasteiger partial charge in [-0.05, 0) is 76.3 Å². The number of aliphatic hydroxyl groups is 3. The van der Waals surface area contributed by atoms with Crippen molar-refractivity contribution in [3.63, 3.8) is 0 Å². The van der Waals surface area contributed by atoms with Gasteiger partial charge in [0.05, 0.1) is 29.6 Å². The maximum atomic E-state index is 15.2. The Morgan fingerprint density at radius 2 is 1.52 bits per heavy atom. The van der Waals surface area contributed by atoms with Crippen molar-refractivity contribution in [3.8, 4) is 0 Å². The SMILES string of the molecule is CC(=O)O[C@@]12COC1C[C@H](O)C1(C)C(=O)[C@H](O)C3=C(C)[C@@H](OC(=O)[C@H](OC(=O)CCCCN4C(=O)C=CC4=O)[C@@H](NC(=O)OC(C)(C)C)c4ccccc4)C[C@@](O)([C@@H](OC(=O)c4ccccc4)C12)C3(C)C. The fraction of sp³-hybridized carbons (Fsp3) is 0.538. The number of unbranched alkanes of at least 4 members (excludes halogenated alkanes) is 1. The van der Waals surface area contributed by atoms with Crippen molar-refractivity contribution < 1.29 is 82.1 Å². The average Bonchev–Trinajstić information content (AvgIpc) is 3.62. The zero-order valence-corrected chi connectivity index (χ0v) is 41.0. The molecule has 3 fully saturated rings. The van der Waals surface area contributed by atoms with Gasteiger partial charge < -0.3 is 49.1 Å². The van der Waals surface area contributed by atoms with Crippen LogP contribution in [-0.2, 0) is 57.2 Å². The van der Waals surface area contributed by atoms with Gasteiger partial charge in [0, 0.05) is 50.3 Å². The molecule has 7 rings (SSSR count). The second-order valence-electron chi connectivity index (χ2n) is 20.7. The quantitative estimate of drug-likeness (QED) is 0.0687. The molecule has 19 nitrogen and oxygen atoms in total. The van der Waals surface area contributed by atoms with Crippen molar-refractivity contribution in [1.29, 1.82) is 0 Å². The number of ether oxygens (including phenoxy) is 6. The molecule has 3 unspecified atom stereocenters. The number of nitrogens with zero attached hydrogens (tertiary/aromatic N) is 1. The van der Waals surface area contributed by atoms with E-state index in [0.29, 0.717) is 0 Å². The first kappa shape index (κ1) is 52.5. The van der Waals surface area contributed by atoms with Crippen molar-refractivity contribution >= 4 is 47.6 Å². The molecule has 2 aromatic carbocycles. The molecule has 3 amide bonds. The van der Waals surface area contributed by atoms with Crippen LogP contribution < -0.4 is 5.32 Å². The molecule has 2 bridgehead atoms. The van der Waals surface area contributed by atoms with Gasteiger partial charge in [-0.3, -0.25) is 28.9 Å². The Bertz CT molecular complexity index is 2500. The number of Topliss-reactive ketones (excluding diaryl/α,β-unsaturated/α-hetero) is 1. The number of nitrogens with one attached hydrogen (secondary N) is 1. The van der Waals surface area contributed by atoms with E-state index in [1.165, 1.54) is 39.8 Å². The van der Waals surface area contributed by atoms with E-state index in [4.69, 9.17) is 28.4 Å². The lowest BCUT2D eigenvalue weighted by Gasteiger charge is -2.67. The molecule has 2 aliphatic heterocycles. The molecule has 0 spiro atoms. The van der Waals surface area contributed by atoms with Crippen LogP contribution in [0.4, 0.5) is 4.79 Å². The number of carbonyl (C=O) groups is 8. The van der Waals surface area contributed by atoms with Gasteiger partial charge in [-0.1, -0.05) is 62.4 Å². The van der Waals surface area contributed by atoms with E-state index in [-0.39, 0.29) is 61.1 Å². The van der Waals surface area contributed by atoms with Crippen LogP contribution in [0.5, 0.6) is 0 Å². The van der Waals surface area contributed by atoms with Crippen molar-refractivity contribution in [2.75, 3.05) is 13.2 Å². The number of ketones is 1. The van der Waals surface area contributed by atoms with Gasteiger partial charge in [-0.25, -0.2) is 14.4 Å². The molecular formula is C52H62N2O17. The number of esters is 4. The number of aliphatic hydroxyl groups excluding tert-OH is 2. The highest BCUT2D eigenvalue weighted by Crippen LogP contribution is 2.64. The molecule has 4 N–H and O–H groups in total. The minimum atomic E-state index is -2.46. The standard InChI is InChI=1S/C52H62N2O17/c1-28-32(67-46(63)41(68-37(59)21-15-16-24-54-35(57)22-23-36(54)58)39(30-17-11-9-12-18-30)53-47(64)71-48(3,4)5)26-52(65)44(69-45(62)31-19-13-10-14-20-31)42-50(8,43(61)40(60)38(28)49(52,6)7)33(56)25-34-51(42,27-66-34)70-29(2)55/h9-14,17-20,22-23,32-34,39-42,44,56,60,65H,15-16,21,24-27H2,1-8H3,(H,53,64)/t32-,33-,34?,39-,40+,41+,42?,44-,50?,51-,52+/m0/s1. The molecule has 5 aliphatic rings. The maximum absolute atomic E-state index is 15.2. The molecular weight excluding hydrogens is 925 g/mol. The summed E-state index contributed by atoms with van der Waals surface area (Å²) < 4.78 is 36.1. The number of hydrogen-bond donors (Lipinski definition) is 4. The Balaban J connectivity index is 1.32. The molecule has 1 saturated heterocycles. The normalized spacial score (nSPS) is 30.6. The first-order valence-electron chi connectivity index (χ1n) is 23.7. The molecule has 2 saturated carbocycles. The second-order valence-corrected chi connectivity index (χ2v) is 20.7.